The Morgan fingerprint density at radius 3 is 2.62 bits per heavy atom. The van der Waals surface area contributed by atoms with E-state index in [-0.39, 0.29) is 6.03 Å². The standard InChI is InChI=1S/C15H14N4OS/c20-15(18-14-5-8-21-10-14)17-13-3-1-12(2-4-13)9-19-7-6-16-11-19/h1-8,10-11H,9H2,(H2,17,18,20). The molecule has 2 amide bonds. The first kappa shape index (κ1) is 13.4. The number of nitrogens with one attached hydrogen (secondary N) is 2. The van der Waals surface area contributed by atoms with Gasteiger partial charge >= 0.3 is 6.03 Å². The van der Waals surface area contributed by atoms with E-state index in [0.717, 1.165) is 23.5 Å². The van der Waals surface area contributed by atoms with Crippen molar-refractivity contribution in [2.24, 2.45) is 0 Å². The lowest BCUT2D eigenvalue weighted by Crippen LogP contribution is -2.18. The number of hydrogen-bond acceptors (Lipinski definition) is 3. The highest BCUT2D eigenvalue weighted by Gasteiger charge is 2.03. The van der Waals surface area contributed by atoms with E-state index in [1.165, 1.54) is 0 Å². The number of anilines is 2. The van der Waals surface area contributed by atoms with E-state index < -0.39 is 0 Å². The van der Waals surface area contributed by atoms with Gasteiger partial charge in [-0.1, -0.05) is 12.1 Å². The van der Waals surface area contributed by atoms with Crippen LogP contribution in [0, 0.1) is 0 Å². The lowest BCUT2D eigenvalue weighted by molar-refractivity contribution is 0.262. The summed E-state index contributed by atoms with van der Waals surface area (Å²) in [5.41, 5.74) is 2.71. The molecular weight excluding hydrogens is 284 g/mol. The number of hydrogen-bond donors (Lipinski definition) is 2. The monoisotopic (exact) mass is 298 g/mol. The number of urea groups is 1. The molecule has 5 nitrogen and oxygen atoms in total. The van der Waals surface area contributed by atoms with Crippen molar-refractivity contribution in [1.82, 2.24) is 9.55 Å². The Kier molecular flexibility index (Phi) is 3.97. The predicted molar refractivity (Wildman–Crippen MR) is 84.7 cm³/mol. The zero-order valence-electron chi connectivity index (χ0n) is 11.2. The SMILES string of the molecule is O=C(Nc1ccc(Cn2ccnc2)cc1)Nc1ccsc1. The average Bonchev–Trinajstić information content (AvgIpc) is 3.14. The Hall–Kier alpha value is -2.60. The normalized spacial score (nSPS) is 10.3. The van der Waals surface area contributed by atoms with E-state index in [2.05, 4.69) is 15.6 Å². The van der Waals surface area contributed by atoms with Crippen molar-refractivity contribution in [1.29, 1.82) is 0 Å². The average molecular weight is 298 g/mol. The number of amides is 2. The summed E-state index contributed by atoms with van der Waals surface area (Å²) < 4.78 is 1.99. The van der Waals surface area contributed by atoms with Crippen LogP contribution in [0.25, 0.3) is 0 Å². The van der Waals surface area contributed by atoms with Gasteiger partial charge in [0, 0.05) is 30.0 Å². The molecule has 1 aromatic carbocycles. The van der Waals surface area contributed by atoms with Gasteiger partial charge < -0.3 is 15.2 Å². The van der Waals surface area contributed by atoms with Gasteiger partial charge in [-0.3, -0.25) is 0 Å². The summed E-state index contributed by atoms with van der Waals surface area (Å²) >= 11 is 1.54. The number of carbonyl (C=O) groups is 1. The summed E-state index contributed by atoms with van der Waals surface area (Å²) in [6.45, 7) is 0.765. The third-order valence-electron chi connectivity index (χ3n) is 2.92. The number of rotatable bonds is 4. The molecule has 0 spiro atoms. The fourth-order valence-corrected chi connectivity index (χ4v) is 2.50. The Morgan fingerprint density at radius 2 is 1.95 bits per heavy atom. The fraction of sp³-hybridized carbons (Fsp3) is 0.0667. The molecule has 0 bridgehead atoms. The van der Waals surface area contributed by atoms with Crippen molar-refractivity contribution in [2.45, 2.75) is 6.54 Å². The Balaban J connectivity index is 1.58. The van der Waals surface area contributed by atoms with Gasteiger partial charge in [-0.05, 0) is 29.1 Å². The quantitative estimate of drug-likeness (QED) is 0.772. The fourth-order valence-electron chi connectivity index (χ4n) is 1.91. The molecule has 6 heteroatoms. The van der Waals surface area contributed by atoms with Gasteiger partial charge in [-0.15, -0.1) is 0 Å². The lowest BCUT2D eigenvalue weighted by Gasteiger charge is -2.07. The summed E-state index contributed by atoms with van der Waals surface area (Å²) in [6, 6.07) is 9.37. The molecule has 0 saturated carbocycles. The van der Waals surface area contributed by atoms with Crippen LogP contribution in [0.3, 0.4) is 0 Å². The van der Waals surface area contributed by atoms with E-state index in [1.807, 2.05) is 51.9 Å². The van der Waals surface area contributed by atoms with Crippen LogP contribution < -0.4 is 10.6 Å². The summed E-state index contributed by atoms with van der Waals surface area (Å²) in [4.78, 5) is 15.8. The van der Waals surface area contributed by atoms with Crippen LogP contribution in [0.1, 0.15) is 5.56 Å². The zero-order valence-corrected chi connectivity index (χ0v) is 12.0. The van der Waals surface area contributed by atoms with E-state index >= 15 is 0 Å². The first-order valence-corrected chi connectivity index (χ1v) is 7.39. The van der Waals surface area contributed by atoms with Crippen LogP contribution in [-0.4, -0.2) is 15.6 Å². The van der Waals surface area contributed by atoms with Crippen LogP contribution in [-0.2, 0) is 6.54 Å². The van der Waals surface area contributed by atoms with Crippen LogP contribution in [0.2, 0.25) is 0 Å². The van der Waals surface area contributed by atoms with E-state index in [9.17, 15) is 4.79 Å². The van der Waals surface area contributed by atoms with Crippen molar-refractivity contribution in [3.63, 3.8) is 0 Å². The first-order valence-electron chi connectivity index (χ1n) is 6.44. The summed E-state index contributed by atoms with van der Waals surface area (Å²) in [6.07, 6.45) is 5.45. The molecule has 0 aliphatic rings. The van der Waals surface area contributed by atoms with Gasteiger partial charge in [-0.2, -0.15) is 11.3 Å². The molecule has 2 heterocycles. The number of aromatic nitrogens is 2. The summed E-state index contributed by atoms with van der Waals surface area (Å²) in [5.74, 6) is 0. The summed E-state index contributed by atoms with van der Waals surface area (Å²) in [7, 11) is 0. The van der Waals surface area contributed by atoms with Crippen molar-refractivity contribution in [3.8, 4) is 0 Å². The highest BCUT2D eigenvalue weighted by Crippen LogP contribution is 2.14. The maximum absolute atomic E-state index is 11.8. The van der Waals surface area contributed by atoms with Crippen LogP contribution in [0.15, 0.2) is 59.8 Å². The first-order chi connectivity index (χ1) is 10.3. The number of thiophene rings is 1. The molecule has 0 radical (unpaired) electrons. The number of carbonyl (C=O) groups excluding carboxylic acids is 1. The Labute approximate surface area is 126 Å². The molecule has 3 aromatic rings. The molecule has 3 rings (SSSR count). The number of benzene rings is 1. The van der Waals surface area contributed by atoms with Crippen molar-refractivity contribution < 1.29 is 4.79 Å². The highest BCUT2D eigenvalue weighted by molar-refractivity contribution is 7.08. The molecule has 0 aliphatic heterocycles. The van der Waals surface area contributed by atoms with Gasteiger partial charge in [0.15, 0.2) is 0 Å². The molecule has 0 aliphatic carbocycles. The van der Waals surface area contributed by atoms with Crippen LogP contribution in [0.4, 0.5) is 16.2 Å². The minimum atomic E-state index is -0.240. The highest BCUT2D eigenvalue weighted by atomic mass is 32.1. The van der Waals surface area contributed by atoms with Crippen molar-refractivity contribution in [2.75, 3.05) is 10.6 Å². The van der Waals surface area contributed by atoms with Gasteiger partial charge in [0.05, 0.1) is 12.0 Å². The summed E-state index contributed by atoms with van der Waals surface area (Å²) in [5, 5.41) is 9.37. The second kappa shape index (κ2) is 6.23. The van der Waals surface area contributed by atoms with Crippen LogP contribution in [0.5, 0.6) is 0 Å². The van der Waals surface area contributed by atoms with E-state index in [1.54, 1.807) is 23.9 Å². The maximum atomic E-state index is 11.8. The third-order valence-corrected chi connectivity index (χ3v) is 3.60. The minimum absolute atomic E-state index is 0.240. The van der Waals surface area contributed by atoms with Crippen LogP contribution >= 0.6 is 11.3 Å². The smallest absolute Gasteiger partial charge is 0.323 e. The Morgan fingerprint density at radius 1 is 1.14 bits per heavy atom. The van der Waals surface area contributed by atoms with Gasteiger partial charge in [0.25, 0.3) is 0 Å². The van der Waals surface area contributed by atoms with Gasteiger partial charge in [-0.25, -0.2) is 9.78 Å². The third kappa shape index (κ3) is 3.70. The maximum Gasteiger partial charge on any atom is 0.323 e. The van der Waals surface area contributed by atoms with Gasteiger partial charge in [0.2, 0.25) is 0 Å². The molecular formula is C15H14N4OS. The molecule has 2 aromatic heterocycles. The molecule has 0 atom stereocenters. The second-order valence-electron chi connectivity index (χ2n) is 4.52. The number of imidazole rings is 1. The molecule has 21 heavy (non-hydrogen) atoms. The van der Waals surface area contributed by atoms with E-state index in [4.69, 9.17) is 0 Å². The number of nitrogens with zero attached hydrogens (tertiary/aromatic N) is 2. The minimum Gasteiger partial charge on any atom is -0.333 e. The largest absolute Gasteiger partial charge is 0.333 e. The zero-order chi connectivity index (χ0) is 14.5. The lowest BCUT2D eigenvalue weighted by atomic mass is 10.2. The molecule has 106 valence electrons. The van der Waals surface area contributed by atoms with Crippen molar-refractivity contribution >= 4 is 28.7 Å². The Bertz CT molecular complexity index is 690. The molecule has 0 unspecified atom stereocenters. The molecule has 0 fully saturated rings. The molecule has 0 saturated heterocycles. The van der Waals surface area contributed by atoms with Gasteiger partial charge in [0.1, 0.15) is 0 Å². The predicted octanol–water partition coefficient (Wildman–Crippen LogP) is 3.64. The molecule has 2 N–H and O–H groups in total. The van der Waals surface area contributed by atoms with E-state index in [0.29, 0.717) is 0 Å². The topological polar surface area (TPSA) is 59.0 Å². The second-order valence-corrected chi connectivity index (χ2v) is 5.30. The van der Waals surface area contributed by atoms with Crippen molar-refractivity contribution in [3.05, 3.63) is 65.4 Å².